The smallest absolute Gasteiger partial charge is 0.489 e. The van der Waals surface area contributed by atoms with Gasteiger partial charge in [0.25, 0.3) is 0 Å². The lowest BCUT2D eigenvalue weighted by Gasteiger charge is -2.22. The van der Waals surface area contributed by atoms with Gasteiger partial charge in [0.1, 0.15) is 18.1 Å². The molecule has 0 spiro atoms. The number of aliphatic hydroxyl groups is 1. The molecule has 0 amide bonds. The van der Waals surface area contributed by atoms with Crippen molar-refractivity contribution in [1.82, 2.24) is 0 Å². The van der Waals surface area contributed by atoms with Crippen molar-refractivity contribution in [3.63, 3.8) is 0 Å². The van der Waals surface area contributed by atoms with Crippen LogP contribution in [0.25, 0.3) is 0 Å². The van der Waals surface area contributed by atoms with E-state index in [0.717, 1.165) is 18.2 Å². The van der Waals surface area contributed by atoms with Crippen LogP contribution in [0.4, 0.5) is 54.0 Å². The number of hydrogen-bond donors (Lipinski definition) is 2. The molecule has 4 nitrogen and oxygen atoms in total. The van der Waals surface area contributed by atoms with Gasteiger partial charge in [0.15, 0.2) is 6.10 Å². The zero-order valence-electron chi connectivity index (χ0n) is 20.5. The lowest BCUT2D eigenvalue weighted by molar-refractivity contribution is -0.289. The fourth-order valence-corrected chi connectivity index (χ4v) is 3.61. The maximum atomic E-state index is 13.9. The van der Waals surface area contributed by atoms with Crippen LogP contribution in [0.5, 0.6) is 11.5 Å². The minimum atomic E-state index is -5.89. The van der Waals surface area contributed by atoms with Gasteiger partial charge in [-0.15, -0.1) is 13.2 Å². The van der Waals surface area contributed by atoms with Crippen LogP contribution in [0.15, 0.2) is 66.7 Å². The number of anilines is 1. The molecule has 41 heavy (non-hydrogen) atoms. The SMILES string of the molecule is OC(CNc1cccc(OCc2cccc(OC(F)(F)F)c2)c1Cc1cccc(C(F)(F)C(F)(F)F)c1)C(F)(F)F. The Hall–Kier alpha value is -3.75. The average Bonchev–Trinajstić information content (AvgIpc) is 2.85. The number of benzene rings is 3. The molecule has 0 aliphatic heterocycles. The number of halogens is 11. The van der Waals surface area contributed by atoms with Crippen LogP contribution in [0.2, 0.25) is 0 Å². The molecule has 0 aromatic heterocycles. The monoisotopic (exact) mass is 603 g/mol. The summed E-state index contributed by atoms with van der Waals surface area (Å²) < 4.78 is 152. The zero-order chi connectivity index (χ0) is 30.6. The van der Waals surface area contributed by atoms with Crippen LogP contribution in [-0.2, 0) is 19.0 Å². The Kier molecular flexibility index (Phi) is 9.30. The van der Waals surface area contributed by atoms with E-state index in [1.165, 1.54) is 36.4 Å². The summed E-state index contributed by atoms with van der Waals surface area (Å²) in [5.74, 6) is -5.83. The Morgan fingerprint density at radius 1 is 0.756 bits per heavy atom. The first kappa shape index (κ1) is 31.8. The van der Waals surface area contributed by atoms with Crippen molar-refractivity contribution in [3.8, 4) is 11.5 Å². The molecule has 3 aromatic carbocycles. The highest BCUT2D eigenvalue weighted by atomic mass is 19.4. The standard InChI is InChI=1S/C26H20F11NO3/c27-23(28,25(32,33)34)17-6-1-4-15(10-17)12-19-20(38-13-22(39)24(29,30)31)8-3-9-21(19)40-14-16-5-2-7-18(11-16)41-26(35,36)37/h1-11,22,38-39H,12-14H2. The van der Waals surface area contributed by atoms with E-state index in [-0.39, 0.29) is 34.7 Å². The fourth-order valence-electron chi connectivity index (χ4n) is 3.61. The Morgan fingerprint density at radius 2 is 1.39 bits per heavy atom. The van der Waals surface area contributed by atoms with E-state index in [4.69, 9.17) is 4.74 Å². The van der Waals surface area contributed by atoms with Crippen LogP contribution in [0.1, 0.15) is 22.3 Å². The van der Waals surface area contributed by atoms with E-state index in [2.05, 4.69) is 10.1 Å². The molecule has 0 saturated carbocycles. The van der Waals surface area contributed by atoms with E-state index in [0.29, 0.717) is 12.1 Å². The third kappa shape index (κ3) is 8.62. The Labute approximate surface area is 225 Å². The first-order valence-corrected chi connectivity index (χ1v) is 11.5. The normalized spacial score (nSPS) is 13.6. The van der Waals surface area contributed by atoms with Gasteiger partial charge in [-0.1, -0.05) is 36.4 Å². The van der Waals surface area contributed by atoms with Crippen molar-refractivity contribution in [2.45, 2.75) is 43.8 Å². The largest absolute Gasteiger partial charge is 0.573 e. The predicted octanol–water partition coefficient (Wildman–Crippen LogP) is 7.74. The summed E-state index contributed by atoms with van der Waals surface area (Å²) in [6.45, 7) is -1.42. The maximum Gasteiger partial charge on any atom is 0.573 e. The summed E-state index contributed by atoms with van der Waals surface area (Å²) in [6.07, 6.45) is -19.1. The van der Waals surface area contributed by atoms with Gasteiger partial charge in [0.2, 0.25) is 0 Å². The predicted molar refractivity (Wildman–Crippen MR) is 124 cm³/mol. The molecular weight excluding hydrogens is 583 g/mol. The topological polar surface area (TPSA) is 50.7 Å². The van der Waals surface area contributed by atoms with Crippen molar-refractivity contribution in [1.29, 1.82) is 0 Å². The van der Waals surface area contributed by atoms with Gasteiger partial charge in [-0.3, -0.25) is 0 Å². The summed E-state index contributed by atoms with van der Waals surface area (Å²) >= 11 is 0. The molecule has 0 radical (unpaired) electrons. The number of rotatable bonds is 10. The highest BCUT2D eigenvalue weighted by Gasteiger charge is 2.58. The quantitative estimate of drug-likeness (QED) is 0.233. The lowest BCUT2D eigenvalue weighted by Crippen LogP contribution is -2.35. The second kappa shape index (κ2) is 12.0. The van der Waals surface area contributed by atoms with E-state index >= 15 is 0 Å². The highest BCUT2D eigenvalue weighted by Crippen LogP contribution is 2.44. The van der Waals surface area contributed by atoms with Crippen LogP contribution >= 0.6 is 0 Å². The fraction of sp³-hybridized carbons (Fsp3) is 0.308. The van der Waals surface area contributed by atoms with Crippen LogP contribution in [0, 0.1) is 0 Å². The number of alkyl halides is 11. The van der Waals surface area contributed by atoms with Crippen molar-refractivity contribution in [2.24, 2.45) is 0 Å². The van der Waals surface area contributed by atoms with E-state index in [1.807, 2.05) is 0 Å². The molecule has 3 rings (SSSR count). The van der Waals surface area contributed by atoms with Crippen molar-refractivity contribution < 1.29 is 62.9 Å². The summed E-state index contributed by atoms with van der Waals surface area (Å²) in [4.78, 5) is 0. The van der Waals surface area contributed by atoms with E-state index in [1.54, 1.807) is 0 Å². The van der Waals surface area contributed by atoms with Gasteiger partial charge in [-0.05, 0) is 41.5 Å². The third-order valence-electron chi connectivity index (χ3n) is 5.55. The summed E-state index contributed by atoms with van der Waals surface area (Å²) in [6, 6.07) is 11.8. The van der Waals surface area contributed by atoms with Gasteiger partial charge in [0.05, 0.1) is 0 Å². The maximum absolute atomic E-state index is 13.9. The number of hydrogen-bond acceptors (Lipinski definition) is 4. The second-order valence-electron chi connectivity index (χ2n) is 8.65. The molecule has 1 atom stereocenters. The Balaban J connectivity index is 1.94. The first-order chi connectivity index (χ1) is 18.9. The molecule has 224 valence electrons. The van der Waals surface area contributed by atoms with Gasteiger partial charge >= 0.3 is 24.6 Å². The van der Waals surface area contributed by atoms with Crippen LogP contribution in [0.3, 0.4) is 0 Å². The van der Waals surface area contributed by atoms with Gasteiger partial charge in [-0.2, -0.15) is 35.1 Å². The Morgan fingerprint density at radius 3 is 2.02 bits per heavy atom. The summed E-state index contributed by atoms with van der Waals surface area (Å²) in [7, 11) is 0. The lowest BCUT2D eigenvalue weighted by atomic mass is 9.98. The summed E-state index contributed by atoms with van der Waals surface area (Å²) in [5, 5.41) is 11.7. The van der Waals surface area contributed by atoms with E-state index in [9.17, 15) is 53.4 Å². The molecular formula is C26H20F11NO3. The minimum Gasteiger partial charge on any atom is -0.489 e. The van der Waals surface area contributed by atoms with Crippen LogP contribution < -0.4 is 14.8 Å². The Bertz CT molecular complexity index is 1320. The third-order valence-corrected chi connectivity index (χ3v) is 5.55. The zero-order valence-corrected chi connectivity index (χ0v) is 20.5. The first-order valence-electron chi connectivity index (χ1n) is 11.5. The number of nitrogens with one attached hydrogen (secondary N) is 1. The van der Waals surface area contributed by atoms with Crippen LogP contribution in [-0.4, -0.2) is 36.5 Å². The van der Waals surface area contributed by atoms with E-state index < -0.39 is 55.0 Å². The minimum absolute atomic E-state index is 0.0112. The molecule has 15 heteroatoms. The molecule has 0 saturated heterocycles. The number of aliphatic hydroxyl groups excluding tert-OH is 1. The summed E-state index contributed by atoms with van der Waals surface area (Å²) in [5.41, 5.74) is -1.35. The molecule has 0 heterocycles. The molecule has 3 aromatic rings. The van der Waals surface area contributed by atoms with Gasteiger partial charge < -0.3 is 19.9 Å². The second-order valence-corrected chi connectivity index (χ2v) is 8.65. The molecule has 1 unspecified atom stereocenters. The number of ether oxygens (including phenoxy) is 2. The highest BCUT2D eigenvalue weighted by molar-refractivity contribution is 5.59. The van der Waals surface area contributed by atoms with Crippen molar-refractivity contribution >= 4 is 5.69 Å². The molecule has 0 aliphatic carbocycles. The van der Waals surface area contributed by atoms with Crippen molar-refractivity contribution in [3.05, 3.63) is 89.0 Å². The molecule has 0 bridgehead atoms. The molecule has 0 aliphatic rings. The molecule has 2 N–H and O–H groups in total. The van der Waals surface area contributed by atoms with Gasteiger partial charge in [-0.25, -0.2) is 0 Å². The molecule has 0 fully saturated rings. The van der Waals surface area contributed by atoms with Gasteiger partial charge in [0, 0.05) is 29.8 Å². The van der Waals surface area contributed by atoms with Crippen molar-refractivity contribution in [2.75, 3.05) is 11.9 Å². The average molecular weight is 603 g/mol.